The van der Waals surface area contributed by atoms with Crippen molar-refractivity contribution in [3.05, 3.63) is 63.7 Å². The fourth-order valence-corrected chi connectivity index (χ4v) is 4.97. The average Bonchev–Trinajstić information content (AvgIpc) is 3.05. The Morgan fingerprint density at radius 1 is 1.08 bits per heavy atom. The molecule has 0 unspecified atom stereocenters. The van der Waals surface area contributed by atoms with E-state index < -0.39 is 25.9 Å². The molecule has 0 fully saturated rings. The molecule has 0 amide bonds. The monoisotopic (exact) mass is 531 g/mol. The van der Waals surface area contributed by atoms with Crippen LogP contribution in [0.2, 0.25) is 25.7 Å². The molecule has 0 aliphatic heterocycles. The highest BCUT2D eigenvalue weighted by Gasteiger charge is 2.30. The second-order valence-corrected chi connectivity index (χ2v) is 16.2. The van der Waals surface area contributed by atoms with Gasteiger partial charge in [0.1, 0.15) is 6.73 Å². The lowest BCUT2D eigenvalue weighted by atomic mass is 10.0. The van der Waals surface area contributed by atoms with E-state index in [1.54, 1.807) is 29.2 Å². The van der Waals surface area contributed by atoms with Crippen LogP contribution in [-0.2, 0) is 24.7 Å². The van der Waals surface area contributed by atoms with Gasteiger partial charge in [-0.05, 0) is 49.7 Å². The van der Waals surface area contributed by atoms with E-state index in [1.807, 2.05) is 19.1 Å². The van der Waals surface area contributed by atoms with Crippen molar-refractivity contribution in [1.82, 2.24) is 19.3 Å². The van der Waals surface area contributed by atoms with E-state index in [0.29, 0.717) is 29.2 Å². The number of hydrogen-bond donors (Lipinski definition) is 1. The van der Waals surface area contributed by atoms with Gasteiger partial charge in [-0.2, -0.15) is 18.3 Å². The van der Waals surface area contributed by atoms with Crippen LogP contribution in [0, 0.1) is 6.92 Å². The number of aryl methyl sites for hydroxylation is 2. The molecule has 0 aliphatic carbocycles. The molecule has 4 rings (SSSR count). The number of alkyl halides is 3. The van der Waals surface area contributed by atoms with Gasteiger partial charge in [0.2, 0.25) is 0 Å². The Morgan fingerprint density at radius 2 is 1.78 bits per heavy atom. The summed E-state index contributed by atoms with van der Waals surface area (Å²) in [5, 5.41) is 13.3. The third kappa shape index (κ3) is 5.72. The van der Waals surface area contributed by atoms with E-state index in [1.165, 1.54) is 6.07 Å². The number of nitrogens with one attached hydrogen (secondary N) is 1. The maximum atomic E-state index is 13.2. The van der Waals surface area contributed by atoms with Crippen LogP contribution in [0.3, 0.4) is 0 Å². The summed E-state index contributed by atoms with van der Waals surface area (Å²) in [7, 11) is 0.447. The fourth-order valence-electron chi connectivity index (χ4n) is 4.22. The molecule has 4 aromatic rings. The summed E-state index contributed by atoms with van der Waals surface area (Å²) in [4.78, 5) is 13.0. The van der Waals surface area contributed by atoms with E-state index in [2.05, 4.69) is 35.2 Å². The van der Waals surface area contributed by atoms with Crippen molar-refractivity contribution in [3.8, 4) is 0 Å². The molecule has 1 N–H and O–H groups in total. The van der Waals surface area contributed by atoms with Gasteiger partial charge in [0.15, 0.2) is 5.82 Å². The zero-order valence-corrected chi connectivity index (χ0v) is 22.9. The van der Waals surface area contributed by atoms with Crippen molar-refractivity contribution in [2.75, 3.05) is 11.9 Å². The zero-order valence-electron chi connectivity index (χ0n) is 21.9. The first-order valence-electron chi connectivity index (χ1n) is 12.1. The predicted octanol–water partition coefficient (Wildman–Crippen LogP) is 6.10. The maximum absolute atomic E-state index is 13.2. The van der Waals surface area contributed by atoms with E-state index >= 15 is 0 Å². The van der Waals surface area contributed by atoms with Crippen LogP contribution < -0.4 is 11.0 Å². The number of ether oxygens (including phenoxy) is 1. The number of imidazole rings is 1. The molecule has 7 nitrogen and oxygen atoms in total. The van der Waals surface area contributed by atoms with Gasteiger partial charge in [0, 0.05) is 32.5 Å². The van der Waals surface area contributed by atoms with Crippen molar-refractivity contribution in [2.24, 2.45) is 7.05 Å². The molecule has 2 aromatic heterocycles. The van der Waals surface area contributed by atoms with Crippen molar-refractivity contribution in [3.63, 3.8) is 0 Å². The second kappa shape index (κ2) is 9.94. The molecule has 198 valence electrons. The Labute approximate surface area is 214 Å². The molecule has 0 saturated heterocycles. The lowest BCUT2D eigenvalue weighted by Gasteiger charge is -2.18. The lowest BCUT2D eigenvalue weighted by Crippen LogP contribution is -2.25. The Kier molecular flexibility index (Phi) is 7.22. The summed E-state index contributed by atoms with van der Waals surface area (Å²) in [5.74, 6) is 0.426. The summed E-state index contributed by atoms with van der Waals surface area (Å²) >= 11 is 0. The Morgan fingerprint density at radius 3 is 2.46 bits per heavy atom. The largest absolute Gasteiger partial charge is 0.416 e. The van der Waals surface area contributed by atoms with E-state index in [-0.39, 0.29) is 12.4 Å². The van der Waals surface area contributed by atoms with Crippen molar-refractivity contribution < 1.29 is 17.9 Å². The predicted molar refractivity (Wildman–Crippen MR) is 143 cm³/mol. The molecule has 2 heterocycles. The van der Waals surface area contributed by atoms with E-state index in [0.717, 1.165) is 34.5 Å². The minimum Gasteiger partial charge on any atom is -0.362 e. The first kappa shape index (κ1) is 26.9. The van der Waals surface area contributed by atoms with Crippen LogP contribution >= 0.6 is 0 Å². The number of hydrogen-bond acceptors (Lipinski definition) is 5. The smallest absolute Gasteiger partial charge is 0.362 e. The molecule has 2 aromatic carbocycles. The van der Waals surface area contributed by atoms with Gasteiger partial charge >= 0.3 is 11.9 Å². The van der Waals surface area contributed by atoms with Crippen LogP contribution in [-0.4, -0.2) is 34.0 Å². The van der Waals surface area contributed by atoms with Gasteiger partial charge in [0.05, 0.1) is 28.3 Å². The SMILES string of the molecule is Cc1nnc(N[C@H](C)c2cccc(C(F)(F)F)c2)c2cc3c(cc12)n(C)c(=O)n3COCC[Si](C)(C)C. The Hall–Kier alpha value is -3.18. The van der Waals surface area contributed by atoms with Crippen molar-refractivity contribution in [1.29, 1.82) is 0 Å². The summed E-state index contributed by atoms with van der Waals surface area (Å²) < 4.78 is 48.7. The number of aromatic nitrogens is 4. The Balaban J connectivity index is 1.72. The highest BCUT2D eigenvalue weighted by atomic mass is 28.3. The second-order valence-electron chi connectivity index (χ2n) is 10.6. The number of rotatable bonds is 8. The van der Waals surface area contributed by atoms with Crippen molar-refractivity contribution >= 4 is 35.7 Å². The number of nitrogens with zero attached hydrogens (tertiary/aromatic N) is 4. The van der Waals surface area contributed by atoms with Crippen LogP contribution in [0.1, 0.15) is 29.8 Å². The molecule has 1 atom stereocenters. The number of benzene rings is 2. The molecule has 11 heteroatoms. The highest BCUT2D eigenvalue weighted by Crippen LogP contribution is 2.33. The first-order valence-corrected chi connectivity index (χ1v) is 15.8. The number of fused-ring (bicyclic) bond motifs is 2. The van der Waals surface area contributed by atoms with E-state index in [9.17, 15) is 18.0 Å². The minimum atomic E-state index is -4.42. The van der Waals surface area contributed by atoms with Crippen LogP contribution in [0.25, 0.3) is 21.8 Å². The van der Waals surface area contributed by atoms with Gasteiger partial charge in [-0.1, -0.05) is 31.8 Å². The number of anilines is 1. The van der Waals surface area contributed by atoms with Gasteiger partial charge in [-0.25, -0.2) is 4.79 Å². The maximum Gasteiger partial charge on any atom is 0.416 e. The molecular weight excluding hydrogens is 499 g/mol. The molecule has 37 heavy (non-hydrogen) atoms. The fraction of sp³-hybridized carbons (Fsp3) is 0.423. The highest BCUT2D eigenvalue weighted by molar-refractivity contribution is 6.76. The van der Waals surface area contributed by atoms with Gasteiger partial charge in [-0.3, -0.25) is 9.13 Å². The topological polar surface area (TPSA) is 74.0 Å². The molecule has 0 saturated carbocycles. The third-order valence-corrected chi connectivity index (χ3v) is 8.22. The van der Waals surface area contributed by atoms with E-state index in [4.69, 9.17) is 4.74 Å². The molecule has 0 radical (unpaired) electrons. The first-order chi connectivity index (χ1) is 17.3. The third-order valence-electron chi connectivity index (χ3n) is 6.51. The normalized spacial score (nSPS) is 13.4. The summed E-state index contributed by atoms with van der Waals surface area (Å²) in [6.07, 6.45) is -4.42. The summed E-state index contributed by atoms with van der Waals surface area (Å²) in [6, 6.07) is 9.50. The van der Waals surface area contributed by atoms with Gasteiger partial charge in [-0.15, -0.1) is 5.10 Å². The molecule has 0 aliphatic rings. The lowest BCUT2D eigenvalue weighted by molar-refractivity contribution is -0.137. The zero-order chi connectivity index (χ0) is 27.1. The van der Waals surface area contributed by atoms with Crippen molar-refractivity contribution in [2.45, 2.75) is 58.5 Å². The quantitative estimate of drug-likeness (QED) is 0.220. The molecule has 0 spiro atoms. The molecule has 0 bridgehead atoms. The summed E-state index contributed by atoms with van der Waals surface area (Å²) in [5.41, 5.74) is 1.68. The van der Waals surface area contributed by atoms with Crippen LogP contribution in [0.5, 0.6) is 0 Å². The summed E-state index contributed by atoms with van der Waals surface area (Å²) in [6.45, 7) is 11.1. The molecular formula is C26H32F3N5O2Si. The standard InChI is InChI=1S/C26H32F3N5O2Si/c1-16(18-8-7-9-19(12-18)26(27,28)29)30-24-21-14-23-22(13-20(21)17(2)31-32-24)33(3)25(35)34(23)15-36-10-11-37(4,5)6/h7-9,12-14,16H,10-11,15H2,1-6H3,(H,30,32)/t16-/m1/s1. The number of halogens is 3. The van der Waals surface area contributed by atoms with Crippen LogP contribution in [0.15, 0.2) is 41.2 Å². The van der Waals surface area contributed by atoms with Crippen LogP contribution in [0.4, 0.5) is 19.0 Å². The minimum absolute atomic E-state index is 0.132. The van der Waals surface area contributed by atoms with Gasteiger partial charge in [0.25, 0.3) is 0 Å². The average molecular weight is 532 g/mol. The Bertz CT molecular complexity index is 1500. The van der Waals surface area contributed by atoms with Gasteiger partial charge < -0.3 is 10.1 Å².